The second-order valence-corrected chi connectivity index (χ2v) is 7.96. The summed E-state index contributed by atoms with van der Waals surface area (Å²) in [7, 11) is 0. The first-order valence-electron chi connectivity index (χ1n) is 10.2. The number of fused-ring (bicyclic) bond motifs is 2. The normalized spacial score (nSPS) is 20.4. The molecular weight excluding hydrogens is 352 g/mol. The zero-order chi connectivity index (χ0) is 19.0. The highest BCUT2D eigenvalue weighted by atomic mass is 16.5. The monoisotopic (exact) mass is 378 g/mol. The van der Waals surface area contributed by atoms with Crippen LogP contribution in [-0.4, -0.2) is 42.1 Å². The van der Waals surface area contributed by atoms with Crippen molar-refractivity contribution < 1.29 is 9.53 Å². The third kappa shape index (κ3) is 3.11. The first kappa shape index (κ1) is 17.5. The van der Waals surface area contributed by atoms with Crippen LogP contribution in [0, 0.1) is 0 Å². The molecule has 0 bridgehead atoms. The smallest absolute Gasteiger partial charge is 0.321 e. The van der Waals surface area contributed by atoms with Gasteiger partial charge in [0, 0.05) is 26.2 Å². The number of piperidine rings is 1. The van der Waals surface area contributed by atoms with Crippen molar-refractivity contribution in [1.29, 1.82) is 0 Å². The van der Waals surface area contributed by atoms with Gasteiger partial charge in [0.15, 0.2) is 0 Å². The number of nitrogens with one attached hydrogen (secondary N) is 1. The predicted octanol–water partition coefficient (Wildman–Crippen LogP) is 3.74. The van der Waals surface area contributed by atoms with E-state index in [4.69, 9.17) is 4.74 Å². The van der Waals surface area contributed by atoms with Crippen molar-refractivity contribution in [2.75, 3.05) is 36.4 Å². The van der Waals surface area contributed by atoms with Gasteiger partial charge in [0.05, 0.1) is 24.1 Å². The standard InChI is InChI=1S/C22H26N4O2/c27-21(24-18-7-8-20(23-15-18)25-11-3-4-12-25)26-13-9-22(10-14-26)19-6-2-1-5-17(19)16-28-22/h1-2,5-8,15H,3-4,9-14,16H2,(H,24,27). The average molecular weight is 378 g/mol. The number of aromatic nitrogens is 1. The summed E-state index contributed by atoms with van der Waals surface area (Å²) in [5.41, 5.74) is 3.11. The molecule has 6 nitrogen and oxygen atoms in total. The molecule has 6 heteroatoms. The number of rotatable bonds is 2. The topological polar surface area (TPSA) is 57.7 Å². The molecule has 0 unspecified atom stereocenters. The van der Waals surface area contributed by atoms with E-state index >= 15 is 0 Å². The maximum atomic E-state index is 12.7. The summed E-state index contributed by atoms with van der Waals surface area (Å²) in [6, 6.07) is 12.3. The lowest BCUT2D eigenvalue weighted by molar-refractivity contribution is -0.0722. The third-order valence-electron chi connectivity index (χ3n) is 6.30. The van der Waals surface area contributed by atoms with Crippen LogP contribution in [0.3, 0.4) is 0 Å². The molecular formula is C22H26N4O2. The number of nitrogens with zero attached hydrogens (tertiary/aromatic N) is 3. The van der Waals surface area contributed by atoms with Crippen LogP contribution in [0.5, 0.6) is 0 Å². The van der Waals surface area contributed by atoms with Crippen LogP contribution in [0.1, 0.15) is 36.8 Å². The minimum Gasteiger partial charge on any atom is -0.365 e. The predicted molar refractivity (Wildman–Crippen MR) is 108 cm³/mol. The van der Waals surface area contributed by atoms with Crippen LogP contribution < -0.4 is 10.2 Å². The molecule has 0 atom stereocenters. The quantitative estimate of drug-likeness (QED) is 0.865. The number of hydrogen-bond donors (Lipinski definition) is 1. The van der Waals surface area contributed by atoms with Gasteiger partial charge in [-0.05, 0) is 48.9 Å². The lowest BCUT2D eigenvalue weighted by Gasteiger charge is -2.39. The number of carbonyl (C=O) groups excluding carboxylic acids is 1. The van der Waals surface area contributed by atoms with Crippen LogP contribution in [-0.2, 0) is 16.9 Å². The molecule has 1 aromatic heterocycles. The number of carbonyl (C=O) groups is 1. The highest BCUT2D eigenvalue weighted by Gasteiger charge is 2.43. The second kappa shape index (κ2) is 7.09. The van der Waals surface area contributed by atoms with E-state index < -0.39 is 0 Å². The van der Waals surface area contributed by atoms with Crippen molar-refractivity contribution in [1.82, 2.24) is 9.88 Å². The van der Waals surface area contributed by atoms with E-state index in [-0.39, 0.29) is 11.6 Å². The van der Waals surface area contributed by atoms with Gasteiger partial charge in [-0.25, -0.2) is 9.78 Å². The number of urea groups is 1. The number of likely N-dealkylation sites (tertiary alicyclic amines) is 1. The number of ether oxygens (including phenoxy) is 1. The van der Waals surface area contributed by atoms with Gasteiger partial charge in [-0.2, -0.15) is 0 Å². The minimum atomic E-state index is -0.216. The fourth-order valence-corrected chi connectivity index (χ4v) is 4.66. The van der Waals surface area contributed by atoms with Crippen LogP contribution in [0.4, 0.5) is 16.3 Å². The molecule has 3 aliphatic rings. The molecule has 0 radical (unpaired) electrons. The summed E-state index contributed by atoms with van der Waals surface area (Å²) in [5, 5.41) is 2.99. The summed E-state index contributed by atoms with van der Waals surface area (Å²) < 4.78 is 6.19. The van der Waals surface area contributed by atoms with Gasteiger partial charge >= 0.3 is 6.03 Å². The van der Waals surface area contributed by atoms with E-state index in [0.29, 0.717) is 19.7 Å². The Morgan fingerprint density at radius 1 is 1.04 bits per heavy atom. The van der Waals surface area contributed by atoms with Gasteiger partial charge in [0.2, 0.25) is 0 Å². The van der Waals surface area contributed by atoms with Crippen LogP contribution in [0.2, 0.25) is 0 Å². The largest absolute Gasteiger partial charge is 0.365 e. The first-order valence-corrected chi connectivity index (χ1v) is 10.2. The summed E-state index contributed by atoms with van der Waals surface area (Å²) in [4.78, 5) is 21.4. The minimum absolute atomic E-state index is 0.0585. The number of amides is 2. The Labute approximate surface area is 165 Å². The molecule has 5 rings (SSSR count). The Balaban J connectivity index is 1.20. The Hall–Kier alpha value is -2.60. The summed E-state index contributed by atoms with van der Waals surface area (Å²) in [5.74, 6) is 0.993. The Morgan fingerprint density at radius 3 is 2.57 bits per heavy atom. The zero-order valence-electron chi connectivity index (χ0n) is 16.1. The maximum absolute atomic E-state index is 12.7. The molecule has 1 spiro atoms. The molecule has 28 heavy (non-hydrogen) atoms. The SMILES string of the molecule is O=C(Nc1ccc(N2CCCC2)nc1)N1CCC2(CC1)OCc1ccccc12. The van der Waals surface area contributed by atoms with Crippen molar-refractivity contribution in [3.8, 4) is 0 Å². The van der Waals surface area contributed by atoms with Gasteiger partial charge in [-0.15, -0.1) is 0 Å². The van der Waals surface area contributed by atoms with Gasteiger partial charge in [0.25, 0.3) is 0 Å². The Morgan fingerprint density at radius 2 is 1.82 bits per heavy atom. The van der Waals surface area contributed by atoms with Crippen molar-refractivity contribution in [2.24, 2.45) is 0 Å². The molecule has 1 N–H and O–H groups in total. The summed E-state index contributed by atoms with van der Waals surface area (Å²) in [6.45, 7) is 4.20. The second-order valence-electron chi connectivity index (χ2n) is 7.96. The summed E-state index contributed by atoms with van der Waals surface area (Å²) >= 11 is 0. The number of benzene rings is 1. The molecule has 2 amide bonds. The van der Waals surface area contributed by atoms with E-state index in [9.17, 15) is 4.79 Å². The van der Waals surface area contributed by atoms with Gasteiger partial charge < -0.3 is 19.9 Å². The highest BCUT2D eigenvalue weighted by Crippen LogP contribution is 2.44. The van der Waals surface area contributed by atoms with Crippen molar-refractivity contribution >= 4 is 17.5 Å². The Bertz CT molecular complexity index is 853. The number of hydrogen-bond acceptors (Lipinski definition) is 4. The van der Waals surface area contributed by atoms with Crippen molar-refractivity contribution in [2.45, 2.75) is 37.9 Å². The lowest BCUT2D eigenvalue weighted by atomic mass is 9.84. The van der Waals surface area contributed by atoms with Crippen molar-refractivity contribution in [3.05, 3.63) is 53.7 Å². The maximum Gasteiger partial charge on any atom is 0.321 e. The molecule has 2 fully saturated rings. The van der Waals surface area contributed by atoms with E-state index in [0.717, 1.165) is 37.4 Å². The fraction of sp³-hybridized carbons (Fsp3) is 0.455. The molecule has 3 aliphatic heterocycles. The highest BCUT2D eigenvalue weighted by molar-refractivity contribution is 5.89. The van der Waals surface area contributed by atoms with Gasteiger partial charge in [-0.3, -0.25) is 0 Å². The number of anilines is 2. The van der Waals surface area contributed by atoms with Gasteiger partial charge in [-0.1, -0.05) is 24.3 Å². The first-order chi connectivity index (χ1) is 13.7. The van der Waals surface area contributed by atoms with E-state index in [1.165, 1.54) is 24.0 Å². The zero-order valence-corrected chi connectivity index (χ0v) is 16.1. The lowest BCUT2D eigenvalue weighted by Crippen LogP contribution is -2.46. The molecule has 146 valence electrons. The average Bonchev–Trinajstić information content (AvgIpc) is 3.39. The summed E-state index contributed by atoms with van der Waals surface area (Å²) in [6.07, 6.45) is 5.89. The molecule has 0 saturated carbocycles. The molecule has 4 heterocycles. The van der Waals surface area contributed by atoms with Gasteiger partial charge in [0.1, 0.15) is 5.82 Å². The van der Waals surface area contributed by atoms with E-state index in [1.54, 1.807) is 6.20 Å². The fourth-order valence-electron chi connectivity index (χ4n) is 4.66. The Kier molecular flexibility index (Phi) is 4.43. The third-order valence-corrected chi connectivity index (χ3v) is 6.30. The van der Waals surface area contributed by atoms with Crippen LogP contribution in [0.15, 0.2) is 42.6 Å². The molecule has 2 saturated heterocycles. The van der Waals surface area contributed by atoms with Crippen LogP contribution >= 0.6 is 0 Å². The molecule has 1 aromatic carbocycles. The molecule has 0 aliphatic carbocycles. The van der Waals surface area contributed by atoms with E-state index in [2.05, 4.69) is 39.5 Å². The molecule has 2 aromatic rings. The van der Waals surface area contributed by atoms with E-state index in [1.807, 2.05) is 17.0 Å². The van der Waals surface area contributed by atoms with Crippen LogP contribution in [0.25, 0.3) is 0 Å². The van der Waals surface area contributed by atoms with Crippen molar-refractivity contribution in [3.63, 3.8) is 0 Å². The number of pyridine rings is 1.